The van der Waals surface area contributed by atoms with Gasteiger partial charge in [0.05, 0.1) is 6.33 Å². The van der Waals surface area contributed by atoms with Gasteiger partial charge < -0.3 is 14.6 Å². The molecule has 180 valence electrons. The lowest BCUT2D eigenvalue weighted by atomic mass is 10.1. The Morgan fingerprint density at radius 2 is 1.80 bits per heavy atom. The minimum atomic E-state index is -1.26. The number of fused-ring (bicyclic) bond motifs is 1. The molecule has 0 aliphatic heterocycles. The molecule has 0 aliphatic carbocycles. The van der Waals surface area contributed by atoms with Crippen molar-refractivity contribution in [2.75, 3.05) is 5.32 Å². The maximum Gasteiger partial charge on any atom is 0.332 e. The van der Waals surface area contributed by atoms with E-state index >= 15 is 0 Å². The van der Waals surface area contributed by atoms with E-state index in [9.17, 15) is 19.2 Å². The number of amides is 1. The van der Waals surface area contributed by atoms with Gasteiger partial charge in [-0.15, -0.1) is 0 Å². The number of aromatic nitrogens is 4. The highest BCUT2D eigenvalue weighted by Gasteiger charge is 2.26. The Morgan fingerprint density at radius 3 is 2.49 bits per heavy atom. The number of halogens is 1. The fourth-order valence-electron chi connectivity index (χ4n) is 3.60. The lowest BCUT2D eigenvalue weighted by molar-refractivity contribution is -0.155. The SMILES string of the molecule is Cc1ccc(NC(=O)C(OC(=O)Cn2cnc3c2c(=O)n(C)c(=O)n3C)c2ccccc2)cc1Cl. The topological polar surface area (TPSA) is 117 Å². The smallest absolute Gasteiger partial charge is 0.332 e. The van der Waals surface area contributed by atoms with Crippen LogP contribution in [-0.2, 0) is 35.0 Å². The third-order valence-electron chi connectivity index (χ3n) is 5.55. The van der Waals surface area contributed by atoms with E-state index in [2.05, 4.69) is 10.3 Å². The number of nitrogens with zero attached hydrogens (tertiary/aromatic N) is 4. The first-order valence-electron chi connectivity index (χ1n) is 10.6. The number of benzene rings is 2. The van der Waals surface area contributed by atoms with Crippen molar-refractivity contribution in [3.8, 4) is 0 Å². The van der Waals surface area contributed by atoms with Crippen molar-refractivity contribution < 1.29 is 14.3 Å². The number of esters is 1. The molecule has 1 N–H and O–H groups in total. The van der Waals surface area contributed by atoms with E-state index in [0.717, 1.165) is 10.1 Å². The molecule has 0 radical (unpaired) electrons. The van der Waals surface area contributed by atoms with Crippen LogP contribution < -0.4 is 16.6 Å². The molecule has 1 amide bonds. The molecule has 35 heavy (non-hydrogen) atoms. The molecule has 4 aromatic rings. The van der Waals surface area contributed by atoms with Gasteiger partial charge in [0.2, 0.25) is 6.10 Å². The molecule has 1 atom stereocenters. The number of hydrogen-bond donors (Lipinski definition) is 1. The summed E-state index contributed by atoms with van der Waals surface area (Å²) in [5.41, 5.74) is 0.847. The predicted molar refractivity (Wildman–Crippen MR) is 130 cm³/mol. The monoisotopic (exact) mass is 495 g/mol. The molecule has 0 saturated heterocycles. The van der Waals surface area contributed by atoms with Crippen LogP contribution in [0.1, 0.15) is 17.2 Å². The molecule has 0 saturated carbocycles. The van der Waals surface area contributed by atoms with Gasteiger partial charge in [-0.1, -0.05) is 48.0 Å². The first kappa shape index (κ1) is 24.0. The van der Waals surface area contributed by atoms with Gasteiger partial charge in [0.25, 0.3) is 11.5 Å². The van der Waals surface area contributed by atoms with Gasteiger partial charge in [-0.05, 0) is 24.6 Å². The van der Waals surface area contributed by atoms with Crippen LogP contribution in [-0.4, -0.2) is 30.6 Å². The number of imidazole rings is 1. The number of rotatable bonds is 6. The molecule has 0 bridgehead atoms. The van der Waals surface area contributed by atoms with Crippen molar-refractivity contribution in [1.29, 1.82) is 0 Å². The molecule has 2 heterocycles. The zero-order chi connectivity index (χ0) is 25.3. The Bertz CT molecular complexity index is 1550. The number of nitrogens with one attached hydrogen (secondary N) is 1. The van der Waals surface area contributed by atoms with Crippen LogP contribution >= 0.6 is 11.6 Å². The van der Waals surface area contributed by atoms with Crippen LogP contribution in [0, 0.1) is 6.92 Å². The average Bonchev–Trinajstić information content (AvgIpc) is 3.26. The van der Waals surface area contributed by atoms with Crippen molar-refractivity contribution in [2.45, 2.75) is 19.6 Å². The summed E-state index contributed by atoms with van der Waals surface area (Å²) in [7, 11) is 2.82. The fourth-order valence-corrected chi connectivity index (χ4v) is 3.78. The minimum Gasteiger partial charge on any atom is -0.446 e. The third-order valence-corrected chi connectivity index (χ3v) is 5.95. The zero-order valence-electron chi connectivity index (χ0n) is 19.2. The Labute approximate surface area is 204 Å². The summed E-state index contributed by atoms with van der Waals surface area (Å²) in [6.07, 6.45) is 0.0179. The Hall–Kier alpha value is -4.18. The van der Waals surface area contributed by atoms with Crippen LogP contribution in [0.2, 0.25) is 5.02 Å². The molecular weight excluding hydrogens is 474 g/mol. The summed E-state index contributed by atoms with van der Waals surface area (Å²) < 4.78 is 8.99. The van der Waals surface area contributed by atoms with Crippen molar-refractivity contribution in [1.82, 2.24) is 18.7 Å². The van der Waals surface area contributed by atoms with Gasteiger partial charge in [-0.2, -0.15) is 0 Å². The molecule has 4 rings (SSSR count). The quantitative estimate of drug-likeness (QED) is 0.410. The van der Waals surface area contributed by atoms with Crippen LogP contribution in [0.5, 0.6) is 0 Å². The van der Waals surface area contributed by atoms with Gasteiger partial charge in [-0.25, -0.2) is 9.78 Å². The number of aryl methyl sites for hydroxylation is 2. The Balaban J connectivity index is 1.61. The summed E-state index contributed by atoms with van der Waals surface area (Å²) in [4.78, 5) is 54.8. The summed E-state index contributed by atoms with van der Waals surface area (Å²) >= 11 is 6.16. The highest BCUT2D eigenvalue weighted by molar-refractivity contribution is 6.31. The lowest BCUT2D eigenvalue weighted by Gasteiger charge is -2.18. The number of carbonyl (C=O) groups excluding carboxylic acids is 2. The number of hydrogen-bond acceptors (Lipinski definition) is 6. The van der Waals surface area contributed by atoms with Crippen LogP contribution in [0.3, 0.4) is 0 Å². The van der Waals surface area contributed by atoms with Crippen molar-refractivity contribution in [3.63, 3.8) is 0 Å². The van der Waals surface area contributed by atoms with Crippen LogP contribution in [0.25, 0.3) is 11.2 Å². The van der Waals surface area contributed by atoms with E-state index < -0.39 is 35.8 Å². The molecule has 0 spiro atoms. The summed E-state index contributed by atoms with van der Waals surface area (Å²) in [6, 6.07) is 13.6. The number of ether oxygens (including phenoxy) is 1. The van der Waals surface area contributed by atoms with E-state index in [4.69, 9.17) is 16.3 Å². The highest BCUT2D eigenvalue weighted by atomic mass is 35.5. The van der Waals surface area contributed by atoms with E-state index in [1.807, 2.05) is 6.92 Å². The van der Waals surface area contributed by atoms with Crippen molar-refractivity contribution in [2.24, 2.45) is 14.1 Å². The van der Waals surface area contributed by atoms with Gasteiger partial charge >= 0.3 is 11.7 Å². The third kappa shape index (κ3) is 4.73. The first-order valence-corrected chi connectivity index (χ1v) is 11.0. The minimum absolute atomic E-state index is 0.0709. The molecule has 2 aromatic heterocycles. The van der Waals surface area contributed by atoms with Crippen LogP contribution in [0.4, 0.5) is 5.69 Å². The summed E-state index contributed by atoms with van der Waals surface area (Å²) in [5.74, 6) is -1.34. The largest absolute Gasteiger partial charge is 0.446 e. The zero-order valence-corrected chi connectivity index (χ0v) is 19.9. The van der Waals surface area contributed by atoms with Crippen molar-refractivity contribution >= 4 is 40.3 Å². The molecule has 0 aliphatic rings. The molecule has 1 unspecified atom stereocenters. The van der Waals surface area contributed by atoms with Crippen LogP contribution in [0.15, 0.2) is 64.4 Å². The molecule has 11 heteroatoms. The van der Waals surface area contributed by atoms with Gasteiger partial charge in [0.1, 0.15) is 6.54 Å². The lowest BCUT2D eigenvalue weighted by Crippen LogP contribution is -2.37. The number of anilines is 1. The second-order valence-corrected chi connectivity index (χ2v) is 8.39. The number of carbonyl (C=O) groups is 2. The van der Waals surface area contributed by atoms with E-state index in [1.165, 1.54) is 29.6 Å². The molecule has 2 aromatic carbocycles. The maximum absolute atomic E-state index is 13.1. The van der Waals surface area contributed by atoms with Gasteiger partial charge in [-0.3, -0.25) is 23.5 Å². The molecule has 10 nitrogen and oxygen atoms in total. The van der Waals surface area contributed by atoms with E-state index in [-0.39, 0.29) is 11.2 Å². The average molecular weight is 496 g/mol. The fraction of sp³-hybridized carbons (Fsp3) is 0.208. The first-order chi connectivity index (χ1) is 16.7. The predicted octanol–water partition coefficient (Wildman–Crippen LogP) is 2.32. The van der Waals surface area contributed by atoms with Crippen molar-refractivity contribution in [3.05, 3.63) is 91.8 Å². The van der Waals surface area contributed by atoms with Gasteiger partial charge in [0, 0.05) is 30.4 Å². The van der Waals surface area contributed by atoms with E-state index in [1.54, 1.807) is 48.5 Å². The summed E-state index contributed by atoms with van der Waals surface area (Å²) in [6.45, 7) is 1.45. The maximum atomic E-state index is 13.1. The Kier molecular flexibility index (Phi) is 6.57. The summed E-state index contributed by atoms with van der Waals surface area (Å²) in [5, 5.41) is 3.21. The van der Waals surface area contributed by atoms with E-state index in [0.29, 0.717) is 16.3 Å². The van der Waals surface area contributed by atoms with Gasteiger partial charge in [0.15, 0.2) is 11.2 Å². The highest BCUT2D eigenvalue weighted by Crippen LogP contribution is 2.24. The standard InChI is InChI=1S/C24H22ClN5O5/c1-14-9-10-16(11-17(14)25)27-22(32)20(15-7-5-4-6-8-15)35-18(31)12-30-13-26-21-19(30)23(33)29(3)24(34)28(21)2/h4-11,13,20H,12H2,1-3H3,(H,27,32). The molecular formula is C24H22ClN5O5. The molecule has 0 fully saturated rings. The second-order valence-electron chi connectivity index (χ2n) is 7.98. The normalized spacial score (nSPS) is 11.9. The second kappa shape index (κ2) is 9.59. The Morgan fingerprint density at radius 1 is 1.09 bits per heavy atom.